The molecule has 0 unspecified atom stereocenters. The summed E-state index contributed by atoms with van der Waals surface area (Å²) < 4.78 is 0. The first-order chi connectivity index (χ1) is 5.11. The Balaban J connectivity index is 3.13. The van der Waals surface area contributed by atoms with Crippen LogP contribution in [0.4, 0.5) is 0 Å². The molecule has 0 fully saturated rings. The Bertz CT molecular complexity index is 260. The van der Waals surface area contributed by atoms with Crippen LogP contribution in [-0.4, -0.2) is 5.11 Å². The number of phenolic OH excluding ortho intramolecular Hbond substituents is 1. The molecule has 2 nitrogen and oxygen atoms in total. The maximum Gasteiger partial charge on any atom is 0.120 e. The second-order valence-corrected chi connectivity index (χ2v) is 3.05. The van der Waals surface area contributed by atoms with Gasteiger partial charge in [-0.05, 0) is 25.1 Å². The lowest BCUT2D eigenvalue weighted by atomic mass is 10.1. The van der Waals surface area contributed by atoms with E-state index in [-0.39, 0.29) is 11.8 Å². The lowest BCUT2D eigenvalue weighted by Crippen LogP contribution is -2.04. The van der Waals surface area contributed by atoms with E-state index >= 15 is 0 Å². The van der Waals surface area contributed by atoms with Crippen LogP contribution < -0.4 is 5.73 Å². The molecule has 1 atom stereocenters. The van der Waals surface area contributed by atoms with Crippen molar-refractivity contribution in [3.63, 3.8) is 0 Å². The van der Waals surface area contributed by atoms with Gasteiger partial charge < -0.3 is 10.8 Å². The zero-order valence-electron chi connectivity index (χ0n) is 6.28. The predicted octanol–water partition coefficient (Wildman–Crippen LogP) is 1.70. The SMILES string of the molecule is C[C@@H](N)c1cc(S)ccc1O. The molecule has 0 aromatic heterocycles. The first-order valence-corrected chi connectivity index (χ1v) is 3.83. The van der Waals surface area contributed by atoms with E-state index < -0.39 is 0 Å². The van der Waals surface area contributed by atoms with Crippen molar-refractivity contribution in [2.24, 2.45) is 5.73 Å². The van der Waals surface area contributed by atoms with E-state index in [2.05, 4.69) is 12.6 Å². The molecule has 0 aliphatic carbocycles. The van der Waals surface area contributed by atoms with E-state index in [1.807, 2.05) is 6.92 Å². The Morgan fingerprint density at radius 3 is 2.64 bits per heavy atom. The maximum atomic E-state index is 9.29. The molecule has 3 N–H and O–H groups in total. The van der Waals surface area contributed by atoms with Crippen LogP contribution in [0.5, 0.6) is 5.75 Å². The first-order valence-electron chi connectivity index (χ1n) is 3.38. The molecule has 0 bridgehead atoms. The van der Waals surface area contributed by atoms with Crippen LogP contribution in [0.3, 0.4) is 0 Å². The van der Waals surface area contributed by atoms with Crippen molar-refractivity contribution in [2.75, 3.05) is 0 Å². The molecule has 0 saturated heterocycles. The summed E-state index contributed by atoms with van der Waals surface area (Å²) in [6.45, 7) is 1.82. The lowest BCUT2D eigenvalue weighted by molar-refractivity contribution is 0.463. The molecule has 0 aliphatic rings. The fraction of sp³-hybridized carbons (Fsp3) is 0.250. The van der Waals surface area contributed by atoms with Gasteiger partial charge in [0.2, 0.25) is 0 Å². The van der Waals surface area contributed by atoms with Crippen molar-refractivity contribution in [1.29, 1.82) is 0 Å². The third-order valence-electron chi connectivity index (χ3n) is 1.50. The molecule has 1 aromatic carbocycles. The summed E-state index contributed by atoms with van der Waals surface area (Å²) in [5, 5.41) is 9.29. The van der Waals surface area contributed by atoms with Gasteiger partial charge in [-0.3, -0.25) is 0 Å². The van der Waals surface area contributed by atoms with Gasteiger partial charge in [0.15, 0.2) is 0 Å². The molecular weight excluding hydrogens is 158 g/mol. The number of thiol groups is 1. The molecule has 0 saturated carbocycles. The van der Waals surface area contributed by atoms with Crippen molar-refractivity contribution < 1.29 is 5.11 Å². The number of benzene rings is 1. The van der Waals surface area contributed by atoms with Crippen molar-refractivity contribution in [2.45, 2.75) is 17.9 Å². The van der Waals surface area contributed by atoms with E-state index in [4.69, 9.17) is 5.73 Å². The molecule has 1 aromatic rings. The van der Waals surface area contributed by atoms with Crippen LogP contribution in [0.2, 0.25) is 0 Å². The zero-order chi connectivity index (χ0) is 8.43. The number of hydrogen-bond donors (Lipinski definition) is 3. The van der Waals surface area contributed by atoms with Crippen LogP contribution in [0.1, 0.15) is 18.5 Å². The standard InChI is InChI=1S/C8H11NOS/c1-5(9)7-4-6(11)2-3-8(7)10/h2-5,10-11H,9H2,1H3/t5-/m1/s1. The van der Waals surface area contributed by atoms with Gasteiger partial charge >= 0.3 is 0 Å². The van der Waals surface area contributed by atoms with E-state index in [1.165, 1.54) is 0 Å². The van der Waals surface area contributed by atoms with Gasteiger partial charge in [0.1, 0.15) is 5.75 Å². The van der Waals surface area contributed by atoms with Crippen molar-refractivity contribution in [3.05, 3.63) is 23.8 Å². The lowest BCUT2D eigenvalue weighted by Gasteiger charge is -2.07. The number of hydrogen-bond acceptors (Lipinski definition) is 3. The zero-order valence-corrected chi connectivity index (χ0v) is 7.18. The van der Waals surface area contributed by atoms with Gasteiger partial charge in [-0.15, -0.1) is 12.6 Å². The van der Waals surface area contributed by atoms with Gasteiger partial charge in [0, 0.05) is 16.5 Å². The molecule has 3 heteroatoms. The van der Waals surface area contributed by atoms with E-state index in [9.17, 15) is 5.11 Å². The van der Waals surface area contributed by atoms with E-state index in [0.29, 0.717) is 0 Å². The Kier molecular flexibility index (Phi) is 2.42. The summed E-state index contributed by atoms with van der Waals surface area (Å²) >= 11 is 4.13. The summed E-state index contributed by atoms with van der Waals surface area (Å²) in [5.41, 5.74) is 6.32. The molecule has 0 radical (unpaired) electrons. The Labute approximate surface area is 71.5 Å². The van der Waals surface area contributed by atoms with Crippen molar-refractivity contribution in [3.8, 4) is 5.75 Å². The molecule has 11 heavy (non-hydrogen) atoms. The third-order valence-corrected chi connectivity index (χ3v) is 1.78. The minimum Gasteiger partial charge on any atom is -0.508 e. The minimum atomic E-state index is -0.151. The van der Waals surface area contributed by atoms with Crippen LogP contribution in [-0.2, 0) is 0 Å². The highest BCUT2D eigenvalue weighted by molar-refractivity contribution is 7.80. The summed E-state index contributed by atoms with van der Waals surface area (Å²) in [4.78, 5) is 0.815. The maximum absolute atomic E-state index is 9.29. The Hall–Kier alpha value is -0.670. The molecule has 0 aliphatic heterocycles. The normalized spacial score (nSPS) is 13.0. The summed E-state index contributed by atoms with van der Waals surface area (Å²) in [7, 11) is 0. The molecule has 0 spiro atoms. The smallest absolute Gasteiger partial charge is 0.120 e. The van der Waals surface area contributed by atoms with Gasteiger partial charge in [0.25, 0.3) is 0 Å². The molecule has 60 valence electrons. The highest BCUT2D eigenvalue weighted by Gasteiger charge is 2.04. The monoisotopic (exact) mass is 169 g/mol. The Morgan fingerprint density at radius 2 is 2.18 bits per heavy atom. The molecule has 0 amide bonds. The van der Waals surface area contributed by atoms with Crippen molar-refractivity contribution >= 4 is 12.6 Å². The van der Waals surface area contributed by atoms with Gasteiger partial charge in [-0.1, -0.05) is 0 Å². The predicted molar refractivity (Wildman–Crippen MR) is 48.0 cm³/mol. The highest BCUT2D eigenvalue weighted by atomic mass is 32.1. The average molecular weight is 169 g/mol. The van der Waals surface area contributed by atoms with E-state index in [0.717, 1.165) is 10.5 Å². The molecule has 1 rings (SSSR count). The Morgan fingerprint density at radius 1 is 1.55 bits per heavy atom. The second kappa shape index (κ2) is 3.15. The fourth-order valence-electron chi connectivity index (χ4n) is 0.907. The van der Waals surface area contributed by atoms with Crippen LogP contribution in [0, 0.1) is 0 Å². The quantitative estimate of drug-likeness (QED) is 0.560. The van der Waals surface area contributed by atoms with Crippen molar-refractivity contribution in [1.82, 2.24) is 0 Å². The number of phenols is 1. The third kappa shape index (κ3) is 1.88. The minimum absolute atomic E-state index is 0.151. The second-order valence-electron chi connectivity index (χ2n) is 2.53. The molecule has 0 heterocycles. The molecular formula is C8H11NOS. The summed E-state index contributed by atoms with van der Waals surface area (Å²) in [5.74, 6) is 0.234. The van der Waals surface area contributed by atoms with E-state index in [1.54, 1.807) is 18.2 Å². The number of nitrogens with two attached hydrogens (primary N) is 1. The average Bonchev–Trinajstić information content (AvgIpc) is 1.94. The summed E-state index contributed by atoms with van der Waals surface area (Å²) in [6.07, 6.45) is 0. The highest BCUT2D eigenvalue weighted by Crippen LogP contribution is 2.24. The largest absolute Gasteiger partial charge is 0.508 e. The van der Waals surface area contributed by atoms with Gasteiger partial charge in [0.05, 0.1) is 0 Å². The number of rotatable bonds is 1. The summed E-state index contributed by atoms with van der Waals surface area (Å²) in [6, 6.07) is 4.94. The topological polar surface area (TPSA) is 46.2 Å². The number of aromatic hydroxyl groups is 1. The van der Waals surface area contributed by atoms with Gasteiger partial charge in [-0.2, -0.15) is 0 Å². The van der Waals surface area contributed by atoms with Gasteiger partial charge in [-0.25, -0.2) is 0 Å². The fourth-order valence-corrected chi connectivity index (χ4v) is 1.12. The first kappa shape index (κ1) is 8.43. The van der Waals surface area contributed by atoms with Crippen LogP contribution >= 0.6 is 12.6 Å². The van der Waals surface area contributed by atoms with Crippen LogP contribution in [0.15, 0.2) is 23.1 Å². The van der Waals surface area contributed by atoms with Crippen LogP contribution in [0.25, 0.3) is 0 Å².